The summed E-state index contributed by atoms with van der Waals surface area (Å²) in [6.45, 7) is 0. The fraction of sp³-hybridized carbons (Fsp3) is 0. The molecule has 0 aromatic heterocycles. The van der Waals surface area contributed by atoms with Crippen molar-refractivity contribution in [1.82, 2.24) is 0 Å². The Morgan fingerprint density at radius 2 is 1.44 bits per heavy atom. The van der Waals surface area contributed by atoms with Gasteiger partial charge in [-0.25, -0.2) is 0 Å². The fourth-order valence-corrected chi connectivity index (χ4v) is 2.41. The minimum Gasteiger partial charge on any atom is -0.450 e. The van der Waals surface area contributed by atoms with Crippen LogP contribution in [0.4, 0.5) is 11.4 Å². The van der Waals surface area contributed by atoms with Gasteiger partial charge in [-0.2, -0.15) is 0 Å². The quantitative estimate of drug-likeness (QED) is 0.361. The van der Waals surface area contributed by atoms with Crippen LogP contribution in [0.3, 0.4) is 0 Å². The molecule has 0 atom stereocenters. The average Bonchev–Trinajstić information content (AvgIpc) is 2.68. The molecule has 8 heteroatoms. The first kappa shape index (κ1) is 17.7. The van der Waals surface area contributed by atoms with Crippen LogP contribution in [0.25, 0.3) is 0 Å². The molecule has 0 bridgehead atoms. The van der Waals surface area contributed by atoms with Gasteiger partial charge in [0.1, 0.15) is 5.75 Å². The van der Waals surface area contributed by atoms with Crippen molar-refractivity contribution in [2.75, 3.05) is 0 Å². The summed E-state index contributed by atoms with van der Waals surface area (Å²) >= 11 is 0. The molecule has 0 aliphatic carbocycles. The number of benzene rings is 3. The smallest absolute Gasteiger partial charge is 0.312 e. The van der Waals surface area contributed by atoms with Crippen LogP contribution >= 0.6 is 0 Å². The van der Waals surface area contributed by atoms with Crippen LogP contribution in [-0.4, -0.2) is 15.6 Å². The molecule has 0 heterocycles. The first-order chi connectivity index (χ1) is 13.0. The molecule has 27 heavy (non-hydrogen) atoms. The van der Waals surface area contributed by atoms with E-state index in [1.165, 1.54) is 36.4 Å². The molecule has 3 aromatic carbocycles. The van der Waals surface area contributed by atoms with Crippen LogP contribution in [0.5, 0.6) is 11.5 Å². The first-order valence-corrected chi connectivity index (χ1v) is 7.76. The van der Waals surface area contributed by atoms with E-state index in [1.807, 2.05) is 0 Å². The van der Waals surface area contributed by atoms with E-state index in [4.69, 9.17) is 4.74 Å². The highest BCUT2D eigenvalue weighted by atomic mass is 16.6. The lowest BCUT2D eigenvalue weighted by Gasteiger charge is -2.08. The van der Waals surface area contributed by atoms with Gasteiger partial charge in [-0.1, -0.05) is 30.3 Å². The number of ether oxygens (including phenoxy) is 1. The number of carbonyl (C=O) groups is 1. The molecule has 3 aromatic rings. The molecule has 0 unspecified atom stereocenters. The largest absolute Gasteiger partial charge is 0.450 e. The van der Waals surface area contributed by atoms with E-state index in [2.05, 4.69) is 0 Å². The second kappa shape index (κ2) is 7.44. The number of hydrogen-bond acceptors (Lipinski definition) is 6. The molecular weight excluding hydrogens is 352 g/mol. The standard InChI is InChI=1S/C19H12N2O6/c22-19(13-4-2-1-3-5-13)14-6-11-18(17(12-14)21(25)26)27-16-9-7-15(8-10-16)20(23)24/h1-12H. The lowest BCUT2D eigenvalue weighted by Crippen LogP contribution is -2.03. The first-order valence-electron chi connectivity index (χ1n) is 7.76. The molecule has 0 aliphatic rings. The molecule has 0 spiro atoms. The topological polar surface area (TPSA) is 113 Å². The Hall–Kier alpha value is -4.07. The zero-order chi connectivity index (χ0) is 19.4. The number of nitrogens with zero attached hydrogens (tertiary/aromatic N) is 2. The Morgan fingerprint density at radius 1 is 0.778 bits per heavy atom. The van der Waals surface area contributed by atoms with Crippen molar-refractivity contribution in [2.45, 2.75) is 0 Å². The van der Waals surface area contributed by atoms with Gasteiger partial charge in [0, 0.05) is 29.3 Å². The van der Waals surface area contributed by atoms with E-state index in [0.29, 0.717) is 5.56 Å². The van der Waals surface area contributed by atoms with Gasteiger partial charge in [-0.3, -0.25) is 25.0 Å². The summed E-state index contributed by atoms with van der Waals surface area (Å²) in [4.78, 5) is 33.3. The average molecular weight is 364 g/mol. The Labute approximate surface area is 152 Å². The van der Waals surface area contributed by atoms with Gasteiger partial charge >= 0.3 is 5.69 Å². The molecule has 0 amide bonds. The van der Waals surface area contributed by atoms with Gasteiger partial charge in [0.05, 0.1) is 9.85 Å². The Balaban J connectivity index is 1.91. The summed E-state index contributed by atoms with van der Waals surface area (Å²) in [5.74, 6) is -0.218. The molecule has 0 saturated heterocycles. The Morgan fingerprint density at radius 3 is 2.04 bits per heavy atom. The Bertz CT molecular complexity index is 1020. The third-order valence-electron chi connectivity index (χ3n) is 3.73. The number of rotatable bonds is 6. The van der Waals surface area contributed by atoms with Gasteiger partial charge in [-0.15, -0.1) is 0 Å². The minimum atomic E-state index is -0.650. The summed E-state index contributed by atoms with van der Waals surface area (Å²) in [6, 6.07) is 17.5. The van der Waals surface area contributed by atoms with Crippen molar-refractivity contribution in [3.05, 3.63) is 104 Å². The van der Waals surface area contributed by atoms with Gasteiger partial charge in [0.15, 0.2) is 5.78 Å². The summed E-state index contributed by atoms with van der Waals surface area (Å²) in [5, 5.41) is 22.1. The minimum absolute atomic E-state index is 0.0709. The highest BCUT2D eigenvalue weighted by molar-refractivity contribution is 6.09. The number of nitro groups is 2. The highest BCUT2D eigenvalue weighted by Gasteiger charge is 2.20. The summed E-state index contributed by atoms with van der Waals surface area (Å²) in [7, 11) is 0. The van der Waals surface area contributed by atoms with Crippen LogP contribution in [0.15, 0.2) is 72.8 Å². The van der Waals surface area contributed by atoms with E-state index in [0.717, 1.165) is 6.07 Å². The zero-order valence-electron chi connectivity index (χ0n) is 13.8. The van der Waals surface area contributed by atoms with Crippen molar-refractivity contribution in [3.8, 4) is 11.5 Å². The third-order valence-corrected chi connectivity index (χ3v) is 3.73. The van der Waals surface area contributed by atoms with Gasteiger partial charge in [0.2, 0.25) is 5.75 Å². The predicted molar refractivity (Wildman–Crippen MR) is 96.1 cm³/mol. The number of nitro benzene ring substituents is 2. The van der Waals surface area contributed by atoms with Gasteiger partial charge in [-0.05, 0) is 24.3 Å². The lowest BCUT2D eigenvalue weighted by atomic mass is 10.0. The highest BCUT2D eigenvalue weighted by Crippen LogP contribution is 2.33. The van der Waals surface area contributed by atoms with Crippen LogP contribution in [0.1, 0.15) is 15.9 Å². The van der Waals surface area contributed by atoms with Crippen molar-refractivity contribution < 1.29 is 19.4 Å². The maximum Gasteiger partial charge on any atom is 0.312 e. The van der Waals surface area contributed by atoms with E-state index < -0.39 is 9.85 Å². The van der Waals surface area contributed by atoms with Crippen LogP contribution in [0, 0.1) is 20.2 Å². The van der Waals surface area contributed by atoms with Crippen molar-refractivity contribution >= 4 is 17.2 Å². The second-order valence-electron chi connectivity index (χ2n) is 5.49. The molecular formula is C19H12N2O6. The molecule has 0 fully saturated rings. The zero-order valence-corrected chi connectivity index (χ0v) is 13.8. The fourth-order valence-electron chi connectivity index (χ4n) is 2.41. The van der Waals surface area contributed by atoms with E-state index in [1.54, 1.807) is 30.3 Å². The number of hydrogen-bond donors (Lipinski definition) is 0. The summed E-state index contributed by atoms with van der Waals surface area (Å²) in [6.07, 6.45) is 0. The van der Waals surface area contributed by atoms with Gasteiger partial charge < -0.3 is 4.74 Å². The van der Waals surface area contributed by atoms with Crippen molar-refractivity contribution in [1.29, 1.82) is 0 Å². The van der Waals surface area contributed by atoms with E-state index >= 15 is 0 Å². The molecule has 8 nitrogen and oxygen atoms in total. The molecule has 0 aliphatic heterocycles. The van der Waals surface area contributed by atoms with Crippen LogP contribution in [0.2, 0.25) is 0 Å². The maximum absolute atomic E-state index is 12.5. The Kier molecular flexibility index (Phi) is 4.89. The number of non-ortho nitro benzene ring substituents is 1. The molecule has 0 N–H and O–H groups in total. The molecule has 134 valence electrons. The molecule has 0 radical (unpaired) electrons. The van der Waals surface area contributed by atoms with E-state index in [9.17, 15) is 25.0 Å². The molecule has 0 saturated carbocycles. The van der Waals surface area contributed by atoms with Crippen molar-refractivity contribution in [3.63, 3.8) is 0 Å². The summed E-state index contributed by atoms with van der Waals surface area (Å²) < 4.78 is 5.47. The second-order valence-corrected chi connectivity index (χ2v) is 5.49. The van der Waals surface area contributed by atoms with Gasteiger partial charge in [0.25, 0.3) is 5.69 Å². The number of ketones is 1. The third kappa shape index (κ3) is 3.96. The van der Waals surface area contributed by atoms with Crippen LogP contribution < -0.4 is 4.74 Å². The summed E-state index contributed by atoms with van der Waals surface area (Å²) in [5.41, 5.74) is 0.0653. The predicted octanol–water partition coefficient (Wildman–Crippen LogP) is 4.53. The normalized spacial score (nSPS) is 10.2. The van der Waals surface area contributed by atoms with Crippen molar-refractivity contribution in [2.24, 2.45) is 0 Å². The number of carbonyl (C=O) groups excluding carboxylic acids is 1. The van der Waals surface area contributed by atoms with Crippen LogP contribution in [-0.2, 0) is 0 Å². The SMILES string of the molecule is O=C(c1ccccc1)c1ccc(Oc2ccc([N+](=O)[O-])cc2)c([N+](=O)[O-])c1. The molecule has 3 rings (SSSR count). The van der Waals surface area contributed by atoms with E-state index in [-0.39, 0.29) is 34.2 Å². The maximum atomic E-state index is 12.5. The monoisotopic (exact) mass is 364 g/mol. The lowest BCUT2D eigenvalue weighted by molar-refractivity contribution is -0.385.